The van der Waals surface area contributed by atoms with Crippen LogP contribution in [0.4, 0.5) is 5.69 Å². The highest BCUT2D eigenvalue weighted by atomic mass is 35.5. The van der Waals surface area contributed by atoms with Crippen LogP contribution in [0.5, 0.6) is 0 Å². The molecule has 28 heavy (non-hydrogen) atoms. The molecule has 2 aromatic carbocycles. The SMILES string of the molecule is Cc1nc(-c2ccc(Cl)cc2)sc1C(=O)Nc1cccc(S(=O)(=O)N(C)C)c1. The predicted molar refractivity (Wildman–Crippen MR) is 113 cm³/mol. The lowest BCUT2D eigenvalue weighted by Crippen LogP contribution is -2.22. The Morgan fingerprint density at radius 2 is 1.82 bits per heavy atom. The van der Waals surface area contributed by atoms with Crippen molar-refractivity contribution >= 4 is 44.6 Å². The van der Waals surface area contributed by atoms with Crippen LogP contribution in [-0.2, 0) is 10.0 Å². The van der Waals surface area contributed by atoms with Gasteiger partial charge in [-0.15, -0.1) is 11.3 Å². The molecule has 1 heterocycles. The first-order valence-electron chi connectivity index (χ1n) is 8.26. The monoisotopic (exact) mass is 435 g/mol. The van der Waals surface area contributed by atoms with Crippen molar-refractivity contribution < 1.29 is 13.2 Å². The Labute approximate surface area is 172 Å². The molecular weight excluding hydrogens is 418 g/mol. The quantitative estimate of drug-likeness (QED) is 0.648. The van der Waals surface area contributed by atoms with E-state index in [1.807, 2.05) is 12.1 Å². The number of anilines is 1. The van der Waals surface area contributed by atoms with Gasteiger partial charge in [-0.25, -0.2) is 17.7 Å². The molecule has 0 bridgehead atoms. The molecule has 0 aliphatic carbocycles. The number of carbonyl (C=O) groups excluding carboxylic acids is 1. The minimum atomic E-state index is -3.58. The predicted octanol–water partition coefficient (Wildman–Crippen LogP) is 4.27. The lowest BCUT2D eigenvalue weighted by atomic mass is 10.2. The van der Waals surface area contributed by atoms with Crippen molar-refractivity contribution in [2.75, 3.05) is 19.4 Å². The molecule has 1 amide bonds. The molecule has 0 aliphatic rings. The van der Waals surface area contributed by atoms with Gasteiger partial charge in [0.15, 0.2) is 0 Å². The molecule has 0 aliphatic heterocycles. The number of nitrogens with zero attached hydrogens (tertiary/aromatic N) is 2. The van der Waals surface area contributed by atoms with Crippen molar-refractivity contribution in [2.24, 2.45) is 0 Å². The molecule has 3 aromatic rings. The Morgan fingerprint density at radius 1 is 1.14 bits per heavy atom. The molecule has 0 unspecified atom stereocenters. The number of aromatic nitrogens is 1. The van der Waals surface area contributed by atoms with E-state index in [4.69, 9.17) is 11.6 Å². The number of amides is 1. The summed E-state index contributed by atoms with van der Waals surface area (Å²) in [5, 5.41) is 4.09. The van der Waals surface area contributed by atoms with Gasteiger partial charge >= 0.3 is 0 Å². The Balaban J connectivity index is 1.85. The Bertz CT molecular complexity index is 1120. The molecule has 0 fully saturated rings. The minimum Gasteiger partial charge on any atom is -0.321 e. The molecule has 3 rings (SSSR count). The van der Waals surface area contributed by atoms with Crippen LogP contribution in [0.25, 0.3) is 10.6 Å². The van der Waals surface area contributed by atoms with Gasteiger partial charge in [0.2, 0.25) is 10.0 Å². The van der Waals surface area contributed by atoms with Crippen molar-refractivity contribution in [1.82, 2.24) is 9.29 Å². The van der Waals surface area contributed by atoms with Crippen LogP contribution in [0.1, 0.15) is 15.4 Å². The molecule has 1 aromatic heterocycles. The van der Waals surface area contributed by atoms with Crippen molar-refractivity contribution in [1.29, 1.82) is 0 Å². The van der Waals surface area contributed by atoms with Crippen LogP contribution in [0.3, 0.4) is 0 Å². The first-order chi connectivity index (χ1) is 13.2. The normalized spacial score (nSPS) is 11.6. The summed E-state index contributed by atoms with van der Waals surface area (Å²) >= 11 is 7.18. The van der Waals surface area contributed by atoms with E-state index in [-0.39, 0.29) is 10.8 Å². The standard InChI is InChI=1S/C19H18ClN3O3S2/c1-12-17(27-19(21-12)13-7-9-14(20)10-8-13)18(24)22-15-5-4-6-16(11-15)28(25,26)23(2)3/h4-11H,1-3H3,(H,22,24). The van der Waals surface area contributed by atoms with Gasteiger partial charge < -0.3 is 5.32 Å². The van der Waals surface area contributed by atoms with Crippen LogP contribution in [0, 0.1) is 6.92 Å². The summed E-state index contributed by atoms with van der Waals surface area (Å²) in [6.07, 6.45) is 0. The van der Waals surface area contributed by atoms with Gasteiger partial charge in [-0.05, 0) is 37.3 Å². The van der Waals surface area contributed by atoms with E-state index >= 15 is 0 Å². The number of aryl methyl sites for hydroxylation is 1. The average Bonchev–Trinajstić information content (AvgIpc) is 3.04. The zero-order valence-electron chi connectivity index (χ0n) is 15.4. The van der Waals surface area contributed by atoms with E-state index in [1.54, 1.807) is 31.2 Å². The van der Waals surface area contributed by atoms with Crippen LogP contribution in [-0.4, -0.2) is 37.7 Å². The van der Waals surface area contributed by atoms with Crippen molar-refractivity contribution in [3.8, 4) is 10.6 Å². The first-order valence-corrected chi connectivity index (χ1v) is 10.9. The molecule has 1 N–H and O–H groups in total. The van der Waals surface area contributed by atoms with E-state index in [9.17, 15) is 13.2 Å². The van der Waals surface area contributed by atoms with E-state index in [0.29, 0.717) is 26.3 Å². The fourth-order valence-electron chi connectivity index (χ4n) is 2.46. The van der Waals surface area contributed by atoms with E-state index < -0.39 is 10.0 Å². The molecular formula is C19H18ClN3O3S2. The number of halogens is 1. The summed E-state index contributed by atoms with van der Waals surface area (Å²) in [7, 11) is -0.666. The maximum absolute atomic E-state index is 12.7. The molecule has 0 saturated heterocycles. The number of hydrogen-bond acceptors (Lipinski definition) is 5. The van der Waals surface area contributed by atoms with E-state index in [1.165, 1.54) is 37.6 Å². The molecule has 146 valence electrons. The maximum atomic E-state index is 12.7. The third-order valence-electron chi connectivity index (χ3n) is 3.96. The van der Waals surface area contributed by atoms with Crippen molar-refractivity contribution in [3.63, 3.8) is 0 Å². The Morgan fingerprint density at radius 3 is 2.46 bits per heavy atom. The van der Waals surface area contributed by atoms with Crippen LogP contribution >= 0.6 is 22.9 Å². The molecule has 0 spiro atoms. The van der Waals surface area contributed by atoms with Gasteiger partial charge in [0.1, 0.15) is 9.88 Å². The van der Waals surface area contributed by atoms with Crippen molar-refractivity contribution in [3.05, 3.63) is 64.1 Å². The van der Waals surface area contributed by atoms with E-state index in [0.717, 1.165) is 9.87 Å². The summed E-state index contributed by atoms with van der Waals surface area (Å²) < 4.78 is 25.7. The fourth-order valence-corrected chi connectivity index (χ4v) is 4.50. The summed E-state index contributed by atoms with van der Waals surface area (Å²) in [5.74, 6) is -0.338. The van der Waals surface area contributed by atoms with Gasteiger partial charge in [-0.2, -0.15) is 0 Å². The molecule has 0 atom stereocenters. The van der Waals surface area contributed by atoms with Gasteiger partial charge in [0.25, 0.3) is 5.91 Å². The molecule has 6 nitrogen and oxygen atoms in total. The minimum absolute atomic E-state index is 0.109. The van der Waals surface area contributed by atoms with Gasteiger partial charge in [-0.1, -0.05) is 29.8 Å². The lowest BCUT2D eigenvalue weighted by Gasteiger charge is -2.12. The number of rotatable bonds is 5. The topological polar surface area (TPSA) is 79.4 Å². The Kier molecular flexibility index (Phi) is 5.85. The zero-order chi connectivity index (χ0) is 20.5. The number of carbonyl (C=O) groups is 1. The molecule has 0 saturated carbocycles. The number of nitrogens with one attached hydrogen (secondary N) is 1. The highest BCUT2D eigenvalue weighted by Gasteiger charge is 2.19. The number of sulfonamides is 1. The van der Waals surface area contributed by atoms with Gasteiger partial charge in [0, 0.05) is 30.4 Å². The second kappa shape index (κ2) is 8.00. The highest BCUT2D eigenvalue weighted by molar-refractivity contribution is 7.89. The third kappa shape index (κ3) is 4.25. The van der Waals surface area contributed by atoms with Crippen molar-refractivity contribution in [2.45, 2.75) is 11.8 Å². The second-order valence-corrected chi connectivity index (χ2v) is 9.80. The lowest BCUT2D eigenvalue weighted by molar-refractivity contribution is 0.102. The fraction of sp³-hybridized carbons (Fsp3) is 0.158. The zero-order valence-corrected chi connectivity index (χ0v) is 17.8. The van der Waals surface area contributed by atoms with Gasteiger partial charge in [-0.3, -0.25) is 4.79 Å². The smallest absolute Gasteiger partial charge is 0.267 e. The molecule has 9 heteroatoms. The van der Waals surface area contributed by atoms with Crippen LogP contribution in [0.2, 0.25) is 5.02 Å². The van der Waals surface area contributed by atoms with E-state index in [2.05, 4.69) is 10.3 Å². The number of thiazole rings is 1. The highest BCUT2D eigenvalue weighted by Crippen LogP contribution is 2.29. The summed E-state index contributed by atoms with van der Waals surface area (Å²) in [5.41, 5.74) is 1.87. The average molecular weight is 436 g/mol. The largest absolute Gasteiger partial charge is 0.321 e. The summed E-state index contributed by atoms with van der Waals surface area (Å²) in [6, 6.07) is 13.4. The number of hydrogen-bond donors (Lipinski definition) is 1. The maximum Gasteiger partial charge on any atom is 0.267 e. The van der Waals surface area contributed by atoms with Crippen LogP contribution < -0.4 is 5.32 Å². The summed E-state index contributed by atoms with van der Waals surface area (Å²) in [6.45, 7) is 1.76. The first kappa shape index (κ1) is 20.5. The summed E-state index contributed by atoms with van der Waals surface area (Å²) in [4.78, 5) is 17.7. The second-order valence-electron chi connectivity index (χ2n) is 6.21. The van der Waals surface area contributed by atoms with Gasteiger partial charge in [0.05, 0.1) is 10.6 Å². The molecule has 0 radical (unpaired) electrons. The number of benzene rings is 2. The van der Waals surface area contributed by atoms with Crippen LogP contribution in [0.15, 0.2) is 53.4 Å². The third-order valence-corrected chi connectivity index (χ3v) is 7.23. The Hall–Kier alpha value is -2.26.